The van der Waals surface area contributed by atoms with E-state index in [0.29, 0.717) is 12.5 Å². The van der Waals surface area contributed by atoms with Crippen molar-refractivity contribution in [1.29, 1.82) is 0 Å². The Morgan fingerprint density at radius 3 is 2.53 bits per heavy atom. The van der Waals surface area contributed by atoms with Crippen molar-refractivity contribution >= 4 is 6.29 Å². The van der Waals surface area contributed by atoms with Gasteiger partial charge in [-0.2, -0.15) is 0 Å². The summed E-state index contributed by atoms with van der Waals surface area (Å²) in [5, 5.41) is 7.65. The Labute approximate surface area is 126 Å². The number of hydrogen-bond acceptors (Lipinski definition) is 3. The number of benzene rings is 1. The van der Waals surface area contributed by atoms with Crippen LogP contribution in [0.3, 0.4) is 0 Å². The molecule has 2 aromatic rings. The van der Waals surface area contributed by atoms with Gasteiger partial charge in [0.25, 0.3) is 0 Å². The Hall–Kier alpha value is -1.77. The molecule has 1 aromatic carbocycles. The number of aryl methyl sites for hydroxylation is 1. The molecule has 0 spiro atoms. The number of carbonyl (C=O) groups is 1. The van der Waals surface area contributed by atoms with E-state index in [1.165, 1.54) is 5.56 Å². The summed E-state index contributed by atoms with van der Waals surface area (Å²) in [4.78, 5) is 13.5. The maximum atomic E-state index is 9.16. The van der Waals surface area contributed by atoms with Crippen LogP contribution in [0, 0.1) is 13.0 Å². The zero-order valence-corrected chi connectivity index (χ0v) is 12.8. The fourth-order valence-electron chi connectivity index (χ4n) is 1.34. The molecule has 0 amide bonds. The summed E-state index contributed by atoms with van der Waals surface area (Å²) in [7, 11) is 0. The summed E-state index contributed by atoms with van der Waals surface area (Å²) in [5.41, 5.74) is 3.26. The second kappa shape index (κ2) is 10.2. The first-order valence-corrected chi connectivity index (χ1v) is 5.43. The Kier molecular flexibility index (Phi) is 9.23. The summed E-state index contributed by atoms with van der Waals surface area (Å²) in [6, 6.07) is 15.1. The van der Waals surface area contributed by atoms with Gasteiger partial charge in [-0.05, 0) is 18.7 Å². The standard InChI is InChI=1S/C12H10N.C3H4O2.Ir/c1-10-6-5-9-13-12(10)11-7-3-2-4-8-11;4-2-1-3-5;/h2-7,9H,1H3;1-4H;/q-1;;/b;2-1-;. The molecule has 4 heteroatoms. The van der Waals surface area contributed by atoms with Crippen LogP contribution in [0.4, 0.5) is 0 Å². The van der Waals surface area contributed by atoms with E-state index in [2.05, 4.69) is 24.0 Å². The number of aldehydes is 1. The second-order valence-corrected chi connectivity index (χ2v) is 3.42. The number of pyridine rings is 1. The van der Waals surface area contributed by atoms with Crippen LogP contribution < -0.4 is 0 Å². The van der Waals surface area contributed by atoms with Crippen LogP contribution in [0.15, 0.2) is 54.9 Å². The average molecular weight is 432 g/mol. The van der Waals surface area contributed by atoms with Gasteiger partial charge < -0.3 is 10.1 Å². The molecule has 0 atom stereocenters. The fourth-order valence-corrected chi connectivity index (χ4v) is 1.34. The third-order valence-corrected chi connectivity index (χ3v) is 2.14. The summed E-state index contributed by atoms with van der Waals surface area (Å²) in [5.74, 6) is 0. The molecule has 0 aliphatic carbocycles. The van der Waals surface area contributed by atoms with Crippen molar-refractivity contribution in [2.45, 2.75) is 6.92 Å². The molecule has 0 bridgehead atoms. The van der Waals surface area contributed by atoms with E-state index in [4.69, 9.17) is 9.90 Å². The van der Waals surface area contributed by atoms with E-state index in [1.54, 1.807) is 0 Å². The predicted molar refractivity (Wildman–Crippen MR) is 71.1 cm³/mol. The SMILES string of the molecule is Cc1cccnc1-c1[c-]cccc1.O=C/C=C\O.[Ir]. The molecule has 0 aliphatic heterocycles. The predicted octanol–water partition coefficient (Wildman–Crippen LogP) is 3.11. The van der Waals surface area contributed by atoms with Crippen molar-refractivity contribution in [1.82, 2.24) is 4.98 Å². The number of aliphatic hydroxyl groups excluding tert-OH is 1. The fraction of sp³-hybridized carbons (Fsp3) is 0.0667. The van der Waals surface area contributed by atoms with E-state index in [0.717, 1.165) is 17.3 Å². The smallest absolute Gasteiger partial charge is 0.145 e. The van der Waals surface area contributed by atoms with Crippen LogP contribution in [-0.4, -0.2) is 16.4 Å². The minimum Gasteiger partial charge on any atom is -0.515 e. The van der Waals surface area contributed by atoms with Crippen LogP contribution in [0.2, 0.25) is 0 Å². The average Bonchev–Trinajstić information content (AvgIpc) is 2.42. The van der Waals surface area contributed by atoms with Gasteiger partial charge in [0.15, 0.2) is 0 Å². The van der Waals surface area contributed by atoms with Gasteiger partial charge in [-0.3, -0.25) is 4.79 Å². The maximum Gasteiger partial charge on any atom is 0.145 e. The number of nitrogens with zero attached hydrogens (tertiary/aromatic N) is 1. The molecule has 0 fully saturated rings. The number of allylic oxidation sites excluding steroid dienone is 1. The Balaban J connectivity index is 0.000000471. The van der Waals surface area contributed by atoms with Crippen molar-refractivity contribution < 1.29 is 30.0 Å². The first-order valence-electron chi connectivity index (χ1n) is 5.43. The second-order valence-electron chi connectivity index (χ2n) is 3.42. The zero-order valence-electron chi connectivity index (χ0n) is 10.4. The van der Waals surface area contributed by atoms with Gasteiger partial charge in [0.2, 0.25) is 0 Å². The molecule has 2 rings (SSSR count). The molecule has 0 saturated carbocycles. The van der Waals surface area contributed by atoms with Crippen molar-refractivity contribution in [3.05, 3.63) is 66.6 Å². The molecule has 1 N–H and O–H groups in total. The first-order chi connectivity index (χ1) is 8.79. The van der Waals surface area contributed by atoms with Crippen molar-refractivity contribution in [3.63, 3.8) is 0 Å². The van der Waals surface area contributed by atoms with Gasteiger partial charge in [-0.25, -0.2) is 0 Å². The van der Waals surface area contributed by atoms with E-state index in [1.807, 2.05) is 36.5 Å². The van der Waals surface area contributed by atoms with Crippen LogP contribution in [0.25, 0.3) is 11.3 Å². The third-order valence-electron chi connectivity index (χ3n) is 2.14. The van der Waals surface area contributed by atoms with E-state index in [-0.39, 0.29) is 20.1 Å². The van der Waals surface area contributed by atoms with Gasteiger partial charge >= 0.3 is 0 Å². The summed E-state index contributed by atoms with van der Waals surface area (Å²) in [6.45, 7) is 2.06. The van der Waals surface area contributed by atoms with Gasteiger partial charge in [-0.1, -0.05) is 11.6 Å². The summed E-state index contributed by atoms with van der Waals surface area (Å²) < 4.78 is 0. The largest absolute Gasteiger partial charge is 0.515 e. The molecule has 1 radical (unpaired) electrons. The van der Waals surface area contributed by atoms with Crippen molar-refractivity contribution in [2.24, 2.45) is 0 Å². The Morgan fingerprint density at radius 1 is 1.26 bits per heavy atom. The van der Waals surface area contributed by atoms with E-state index >= 15 is 0 Å². The minimum atomic E-state index is 0. The Morgan fingerprint density at radius 2 is 2.05 bits per heavy atom. The zero-order chi connectivity index (χ0) is 13.2. The number of carbonyl (C=O) groups excluding carboxylic acids is 1. The van der Waals surface area contributed by atoms with Gasteiger partial charge in [-0.15, -0.1) is 35.9 Å². The first kappa shape index (κ1) is 17.2. The molecule has 0 unspecified atom stereocenters. The van der Waals surface area contributed by atoms with Crippen molar-refractivity contribution in [2.75, 3.05) is 0 Å². The normalized spacial score (nSPS) is 9.11. The molecule has 0 saturated heterocycles. The number of rotatable bonds is 2. The number of hydrogen-bond donors (Lipinski definition) is 1. The maximum absolute atomic E-state index is 9.16. The van der Waals surface area contributed by atoms with Crippen molar-refractivity contribution in [3.8, 4) is 11.3 Å². The van der Waals surface area contributed by atoms with Crippen LogP contribution in [0.5, 0.6) is 0 Å². The number of aromatic nitrogens is 1. The molecule has 1 aromatic heterocycles. The Bertz CT molecular complexity index is 513. The van der Waals surface area contributed by atoms with Crippen LogP contribution >= 0.6 is 0 Å². The molecular formula is C15H14IrNO2-. The van der Waals surface area contributed by atoms with E-state index in [9.17, 15) is 0 Å². The summed E-state index contributed by atoms with van der Waals surface area (Å²) >= 11 is 0. The summed E-state index contributed by atoms with van der Waals surface area (Å²) in [6.07, 6.45) is 4.00. The van der Waals surface area contributed by atoms with Gasteiger partial charge in [0.05, 0.1) is 6.26 Å². The van der Waals surface area contributed by atoms with Crippen LogP contribution in [-0.2, 0) is 24.9 Å². The molecule has 1 heterocycles. The molecule has 0 aliphatic rings. The van der Waals surface area contributed by atoms with E-state index < -0.39 is 0 Å². The molecule has 3 nitrogen and oxygen atoms in total. The minimum absolute atomic E-state index is 0. The van der Waals surface area contributed by atoms with Gasteiger partial charge in [0.1, 0.15) is 6.29 Å². The quantitative estimate of drug-likeness (QED) is 0.343. The number of aliphatic hydroxyl groups is 1. The van der Waals surface area contributed by atoms with Gasteiger partial charge in [0, 0.05) is 32.4 Å². The molecule has 101 valence electrons. The molecular weight excluding hydrogens is 418 g/mol. The molecule has 19 heavy (non-hydrogen) atoms. The third kappa shape index (κ3) is 6.09. The topological polar surface area (TPSA) is 50.2 Å². The monoisotopic (exact) mass is 433 g/mol. The van der Waals surface area contributed by atoms with Crippen LogP contribution in [0.1, 0.15) is 5.56 Å².